The minimum atomic E-state index is -3.10. The molecule has 1 aliphatic carbocycles. The summed E-state index contributed by atoms with van der Waals surface area (Å²) < 4.78 is 27.0. The molecule has 0 radical (unpaired) electrons. The molecule has 1 saturated heterocycles. The van der Waals surface area contributed by atoms with E-state index in [0.29, 0.717) is 12.1 Å². The van der Waals surface area contributed by atoms with Gasteiger partial charge in [0, 0.05) is 18.1 Å². The van der Waals surface area contributed by atoms with Crippen molar-refractivity contribution in [2.24, 2.45) is 0 Å². The Morgan fingerprint density at radius 1 is 1.15 bits per heavy atom. The van der Waals surface area contributed by atoms with Crippen molar-refractivity contribution >= 4 is 10.0 Å². The van der Waals surface area contributed by atoms with Crippen LogP contribution >= 0.6 is 0 Å². The lowest BCUT2D eigenvalue weighted by Gasteiger charge is -2.35. The van der Waals surface area contributed by atoms with Crippen molar-refractivity contribution in [2.45, 2.75) is 63.6 Å². The first-order chi connectivity index (χ1) is 9.46. The van der Waals surface area contributed by atoms with Crippen LogP contribution in [0.5, 0.6) is 0 Å². The minimum absolute atomic E-state index is 0.121. The number of nitrogens with one attached hydrogen (secondary N) is 2. The van der Waals surface area contributed by atoms with Gasteiger partial charge in [-0.3, -0.25) is 0 Å². The highest BCUT2D eigenvalue weighted by molar-refractivity contribution is 7.89. The summed E-state index contributed by atoms with van der Waals surface area (Å²) in [6.07, 6.45) is 6.10. The van der Waals surface area contributed by atoms with Crippen LogP contribution in [0.4, 0.5) is 0 Å². The van der Waals surface area contributed by atoms with E-state index in [1.54, 1.807) is 0 Å². The van der Waals surface area contributed by atoms with E-state index in [4.69, 9.17) is 0 Å². The number of sulfonamides is 1. The van der Waals surface area contributed by atoms with Gasteiger partial charge in [0.2, 0.25) is 10.0 Å². The fourth-order valence-electron chi connectivity index (χ4n) is 2.72. The molecule has 2 aliphatic rings. The second-order valence-corrected chi connectivity index (χ2v) is 8.30. The number of unbranched alkanes of at least 4 members (excludes halogenated alkanes) is 1. The van der Waals surface area contributed by atoms with Gasteiger partial charge in [0.25, 0.3) is 0 Å². The molecule has 1 aliphatic heterocycles. The maximum absolute atomic E-state index is 12.1. The third-order valence-electron chi connectivity index (χ3n) is 4.40. The van der Waals surface area contributed by atoms with Crippen molar-refractivity contribution in [3.63, 3.8) is 0 Å². The summed E-state index contributed by atoms with van der Waals surface area (Å²) in [7, 11) is -1.00. The summed E-state index contributed by atoms with van der Waals surface area (Å²) in [6.45, 7) is 4.08. The van der Waals surface area contributed by atoms with Crippen LogP contribution < -0.4 is 10.0 Å². The monoisotopic (exact) mass is 303 g/mol. The molecule has 2 rings (SSSR count). The summed E-state index contributed by atoms with van der Waals surface area (Å²) >= 11 is 0. The highest BCUT2D eigenvalue weighted by Crippen LogP contribution is 2.18. The molecule has 1 heterocycles. The molecule has 2 N–H and O–H groups in total. The van der Waals surface area contributed by atoms with Crippen molar-refractivity contribution in [1.82, 2.24) is 14.9 Å². The third-order valence-corrected chi connectivity index (χ3v) is 5.92. The number of hydrogen-bond acceptors (Lipinski definition) is 4. The minimum Gasteiger partial charge on any atom is -0.314 e. The average Bonchev–Trinajstić information content (AvgIpc) is 3.17. The zero-order valence-electron chi connectivity index (χ0n) is 12.8. The van der Waals surface area contributed by atoms with E-state index in [2.05, 4.69) is 28.9 Å². The van der Waals surface area contributed by atoms with E-state index in [-0.39, 0.29) is 11.8 Å². The molecule has 20 heavy (non-hydrogen) atoms. The van der Waals surface area contributed by atoms with E-state index < -0.39 is 10.0 Å². The van der Waals surface area contributed by atoms with Gasteiger partial charge in [-0.25, -0.2) is 13.1 Å². The van der Waals surface area contributed by atoms with Crippen molar-refractivity contribution < 1.29 is 8.42 Å². The molecule has 2 unspecified atom stereocenters. The number of hydrogen-bond donors (Lipinski definition) is 2. The quantitative estimate of drug-likeness (QED) is 0.655. The van der Waals surface area contributed by atoms with E-state index in [9.17, 15) is 8.42 Å². The van der Waals surface area contributed by atoms with E-state index >= 15 is 0 Å². The molecule has 0 bridgehead atoms. The van der Waals surface area contributed by atoms with Crippen LogP contribution in [-0.4, -0.2) is 57.3 Å². The van der Waals surface area contributed by atoms with Crippen molar-refractivity contribution in [1.29, 1.82) is 0 Å². The molecule has 0 spiro atoms. The van der Waals surface area contributed by atoms with Crippen LogP contribution in [-0.2, 0) is 10.0 Å². The zero-order chi connectivity index (χ0) is 14.6. The van der Waals surface area contributed by atoms with Crippen molar-refractivity contribution in [3.05, 3.63) is 0 Å². The molecule has 2 atom stereocenters. The average molecular weight is 303 g/mol. The van der Waals surface area contributed by atoms with E-state index in [0.717, 1.165) is 38.8 Å². The fraction of sp³-hybridized carbons (Fsp3) is 1.00. The molecular weight excluding hydrogens is 274 g/mol. The first kappa shape index (κ1) is 16.2. The maximum Gasteiger partial charge on any atom is 0.211 e. The van der Waals surface area contributed by atoms with Gasteiger partial charge < -0.3 is 10.2 Å². The summed E-state index contributed by atoms with van der Waals surface area (Å²) in [6, 6.07) is 1.29. The lowest BCUT2D eigenvalue weighted by molar-refractivity contribution is 0.178. The van der Waals surface area contributed by atoms with Gasteiger partial charge in [-0.2, -0.15) is 0 Å². The SMILES string of the molecule is CC1CC(NS(=O)(=O)CCCCNC2CC2)CCN1C. The first-order valence-electron chi connectivity index (χ1n) is 7.90. The van der Waals surface area contributed by atoms with Crippen LogP contribution in [0.25, 0.3) is 0 Å². The molecule has 6 heteroatoms. The Labute approximate surface area is 123 Å². The molecule has 0 aromatic carbocycles. The van der Waals surface area contributed by atoms with Gasteiger partial charge >= 0.3 is 0 Å². The van der Waals surface area contributed by atoms with Crippen LogP contribution in [0.2, 0.25) is 0 Å². The van der Waals surface area contributed by atoms with Gasteiger partial charge in [0.15, 0.2) is 0 Å². The molecule has 118 valence electrons. The van der Waals surface area contributed by atoms with Crippen molar-refractivity contribution in [2.75, 3.05) is 25.9 Å². The highest BCUT2D eigenvalue weighted by Gasteiger charge is 2.26. The van der Waals surface area contributed by atoms with E-state index in [1.165, 1.54) is 12.8 Å². The highest BCUT2D eigenvalue weighted by atomic mass is 32.2. The predicted octanol–water partition coefficient (Wildman–Crippen LogP) is 0.921. The normalized spacial score (nSPS) is 28.7. The van der Waals surface area contributed by atoms with Gasteiger partial charge in [-0.05, 0) is 65.6 Å². The summed E-state index contributed by atoms with van der Waals surface area (Å²) in [5.74, 6) is 0.264. The predicted molar refractivity (Wildman–Crippen MR) is 82.3 cm³/mol. The van der Waals surface area contributed by atoms with Crippen molar-refractivity contribution in [3.8, 4) is 0 Å². The van der Waals surface area contributed by atoms with Gasteiger partial charge in [-0.1, -0.05) is 0 Å². The Morgan fingerprint density at radius 2 is 1.90 bits per heavy atom. The molecule has 2 fully saturated rings. The molecular formula is C14H29N3O2S. The number of rotatable bonds is 8. The number of nitrogens with zero attached hydrogens (tertiary/aromatic N) is 1. The lowest BCUT2D eigenvalue weighted by atomic mass is 10.0. The van der Waals surface area contributed by atoms with Gasteiger partial charge in [0.1, 0.15) is 0 Å². The standard InChI is InChI=1S/C14H29N3O2S/c1-12-11-14(7-9-17(12)2)16-20(18,19)10-4-3-8-15-13-5-6-13/h12-16H,3-11H2,1-2H3. The van der Waals surface area contributed by atoms with Crippen LogP contribution in [0.3, 0.4) is 0 Å². The largest absolute Gasteiger partial charge is 0.314 e. The summed E-state index contributed by atoms with van der Waals surface area (Å²) in [5, 5.41) is 3.41. The van der Waals surface area contributed by atoms with Crippen LogP contribution in [0, 0.1) is 0 Å². The number of piperidine rings is 1. The Morgan fingerprint density at radius 3 is 2.55 bits per heavy atom. The first-order valence-corrected chi connectivity index (χ1v) is 9.55. The third kappa shape index (κ3) is 5.68. The molecule has 0 aromatic rings. The molecule has 0 aromatic heterocycles. The molecule has 1 saturated carbocycles. The summed E-state index contributed by atoms with van der Waals surface area (Å²) in [5.41, 5.74) is 0. The lowest BCUT2D eigenvalue weighted by Crippen LogP contribution is -2.47. The zero-order valence-corrected chi connectivity index (χ0v) is 13.6. The summed E-state index contributed by atoms with van der Waals surface area (Å²) in [4.78, 5) is 2.29. The van der Waals surface area contributed by atoms with Crippen LogP contribution in [0.1, 0.15) is 45.4 Å². The Bertz CT molecular complexity index is 395. The van der Waals surface area contributed by atoms with Gasteiger partial charge in [-0.15, -0.1) is 0 Å². The fourth-order valence-corrected chi connectivity index (χ4v) is 4.14. The van der Waals surface area contributed by atoms with E-state index in [1.807, 2.05) is 0 Å². The second kappa shape index (κ2) is 7.20. The Balaban J connectivity index is 1.62. The molecule has 0 amide bonds. The topological polar surface area (TPSA) is 61.4 Å². The van der Waals surface area contributed by atoms with Gasteiger partial charge in [0.05, 0.1) is 5.75 Å². The Hall–Kier alpha value is -0.170. The number of likely N-dealkylation sites (tertiary alicyclic amines) is 1. The smallest absolute Gasteiger partial charge is 0.211 e. The van der Waals surface area contributed by atoms with Crippen LogP contribution in [0.15, 0.2) is 0 Å². The second-order valence-electron chi connectivity index (χ2n) is 6.42. The Kier molecular flexibility index (Phi) is 5.84. The maximum atomic E-state index is 12.1. The molecule has 5 nitrogen and oxygen atoms in total.